The third-order valence-electron chi connectivity index (χ3n) is 1.88. The number of hydrogen-bond acceptors (Lipinski definition) is 5. The van der Waals surface area contributed by atoms with Crippen molar-refractivity contribution in [3.05, 3.63) is 38.0 Å². The molecule has 0 aromatic carbocycles. The predicted molar refractivity (Wildman–Crippen MR) is 61.3 cm³/mol. The van der Waals surface area contributed by atoms with Gasteiger partial charge in [-0.15, -0.1) is 16.4 Å². The van der Waals surface area contributed by atoms with Crippen LogP contribution in [0.4, 0.5) is 0 Å². The summed E-state index contributed by atoms with van der Waals surface area (Å²) in [6, 6.07) is 2.94. The van der Waals surface area contributed by atoms with Crippen LogP contribution in [0.25, 0.3) is 0 Å². The topological polar surface area (TPSA) is 57.0 Å². The second-order valence-electron chi connectivity index (χ2n) is 2.95. The lowest BCUT2D eigenvalue weighted by Crippen LogP contribution is -2.22. The van der Waals surface area contributed by atoms with Gasteiger partial charge in [0.2, 0.25) is 5.88 Å². The van der Waals surface area contributed by atoms with Crippen LogP contribution in [0.2, 0.25) is 4.47 Å². The first-order valence-corrected chi connectivity index (χ1v) is 5.61. The van der Waals surface area contributed by atoms with Crippen molar-refractivity contribution in [2.45, 2.75) is 6.54 Å². The van der Waals surface area contributed by atoms with Gasteiger partial charge in [-0.05, 0) is 0 Å². The summed E-state index contributed by atoms with van der Waals surface area (Å²) in [5.74, 6) is 0.398. The molecular formula is C9H8ClN3O2S. The monoisotopic (exact) mass is 257 g/mol. The number of ether oxygens (including phenoxy) is 1. The molecule has 5 nitrogen and oxygen atoms in total. The van der Waals surface area contributed by atoms with Crippen LogP contribution >= 0.6 is 22.9 Å². The highest BCUT2D eigenvalue weighted by Gasteiger charge is 2.04. The van der Waals surface area contributed by atoms with E-state index in [2.05, 4.69) is 10.1 Å². The first-order chi connectivity index (χ1) is 7.69. The molecule has 0 amide bonds. The number of aromatic nitrogens is 3. The number of methoxy groups -OCH3 is 1. The zero-order valence-electron chi connectivity index (χ0n) is 8.38. The van der Waals surface area contributed by atoms with E-state index in [9.17, 15) is 4.79 Å². The first kappa shape index (κ1) is 11.1. The third kappa shape index (κ3) is 2.40. The van der Waals surface area contributed by atoms with E-state index in [0.717, 1.165) is 4.88 Å². The van der Waals surface area contributed by atoms with Crippen LogP contribution in [0, 0.1) is 0 Å². The summed E-state index contributed by atoms with van der Waals surface area (Å²) >= 11 is 7.02. The molecule has 0 fully saturated rings. The van der Waals surface area contributed by atoms with Gasteiger partial charge in [0.05, 0.1) is 13.7 Å². The van der Waals surface area contributed by atoms with Gasteiger partial charge in [0.25, 0.3) is 5.56 Å². The maximum atomic E-state index is 11.5. The van der Waals surface area contributed by atoms with Crippen LogP contribution in [0.1, 0.15) is 4.88 Å². The fourth-order valence-electron chi connectivity index (χ4n) is 1.16. The highest BCUT2D eigenvalue weighted by Crippen LogP contribution is 2.18. The van der Waals surface area contributed by atoms with Crippen molar-refractivity contribution in [2.75, 3.05) is 7.11 Å². The molecule has 7 heteroatoms. The van der Waals surface area contributed by atoms with Crippen LogP contribution in [-0.2, 0) is 6.54 Å². The summed E-state index contributed by atoms with van der Waals surface area (Å²) in [4.78, 5) is 16.3. The fraction of sp³-hybridized carbons (Fsp3) is 0.222. The zero-order valence-corrected chi connectivity index (χ0v) is 9.96. The Balaban J connectivity index is 2.30. The van der Waals surface area contributed by atoms with Crippen molar-refractivity contribution in [3.8, 4) is 5.88 Å². The molecule has 0 atom stereocenters. The van der Waals surface area contributed by atoms with E-state index in [1.165, 1.54) is 35.3 Å². The molecule has 84 valence electrons. The summed E-state index contributed by atoms with van der Waals surface area (Å²) in [6.07, 6.45) is 1.63. The molecule has 0 aliphatic rings. The lowest BCUT2D eigenvalue weighted by Gasteiger charge is -2.03. The quantitative estimate of drug-likeness (QED) is 0.834. The molecule has 2 rings (SSSR count). The number of rotatable bonds is 3. The Hall–Kier alpha value is -1.40. The standard InChI is InChI=1S/C9H8ClN3O2S/c1-15-7-2-3-8(14)13(12-7)5-6-4-11-9(10)16-6/h2-4H,5H2,1H3. The van der Waals surface area contributed by atoms with Gasteiger partial charge < -0.3 is 4.74 Å². The van der Waals surface area contributed by atoms with E-state index in [0.29, 0.717) is 16.9 Å². The van der Waals surface area contributed by atoms with Crippen LogP contribution in [0.15, 0.2) is 23.1 Å². The van der Waals surface area contributed by atoms with Gasteiger partial charge in [-0.25, -0.2) is 9.67 Å². The number of halogens is 1. The third-order valence-corrected chi connectivity index (χ3v) is 2.98. The van der Waals surface area contributed by atoms with E-state index in [4.69, 9.17) is 16.3 Å². The largest absolute Gasteiger partial charge is 0.480 e. The summed E-state index contributed by atoms with van der Waals surface area (Å²) in [6.45, 7) is 0.348. The molecule has 2 aromatic rings. The SMILES string of the molecule is COc1ccc(=O)n(Cc2cnc(Cl)s2)n1. The smallest absolute Gasteiger partial charge is 0.267 e. The summed E-state index contributed by atoms with van der Waals surface area (Å²) in [5.41, 5.74) is -0.190. The first-order valence-electron chi connectivity index (χ1n) is 4.41. The number of thiazole rings is 1. The summed E-state index contributed by atoms with van der Waals surface area (Å²) < 4.78 is 6.70. The molecular weight excluding hydrogens is 250 g/mol. The molecule has 0 spiro atoms. The molecule has 0 N–H and O–H groups in total. The van der Waals surface area contributed by atoms with Gasteiger partial charge >= 0.3 is 0 Å². The second-order valence-corrected chi connectivity index (χ2v) is 4.65. The Kier molecular flexibility index (Phi) is 3.21. The minimum Gasteiger partial charge on any atom is -0.480 e. The van der Waals surface area contributed by atoms with Crippen molar-refractivity contribution in [2.24, 2.45) is 0 Å². The molecule has 0 aliphatic carbocycles. The van der Waals surface area contributed by atoms with Gasteiger partial charge in [-0.3, -0.25) is 4.79 Å². The predicted octanol–water partition coefficient (Wildman–Crippen LogP) is 1.41. The van der Waals surface area contributed by atoms with Gasteiger partial charge in [-0.2, -0.15) is 0 Å². The zero-order chi connectivity index (χ0) is 11.5. The van der Waals surface area contributed by atoms with Gasteiger partial charge in [0, 0.05) is 23.2 Å². The van der Waals surface area contributed by atoms with Crippen molar-refractivity contribution < 1.29 is 4.74 Å². The average Bonchev–Trinajstić information content (AvgIpc) is 2.67. The minimum atomic E-state index is -0.190. The Labute approximate surface area is 100 Å². The molecule has 0 bridgehead atoms. The summed E-state index contributed by atoms with van der Waals surface area (Å²) in [5, 5.41) is 4.01. The minimum absolute atomic E-state index is 0.190. The maximum absolute atomic E-state index is 11.5. The maximum Gasteiger partial charge on any atom is 0.267 e. The van der Waals surface area contributed by atoms with Gasteiger partial charge in [-0.1, -0.05) is 11.6 Å². The lowest BCUT2D eigenvalue weighted by atomic mass is 10.5. The Morgan fingerprint density at radius 2 is 2.38 bits per heavy atom. The van der Waals surface area contributed by atoms with Crippen molar-refractivity contribution in [3.63, 3.8) is 0 Å². The molecule has 2 aromatic heterocycles. The van der Waals surface area contributed by atoms with Crippen LogP contribution in [-0.4, -0.2) is 21.9 Å². The molecule has 16 heavy (non-hydrogen) atoms. The Morgan fingerprint density at radius 3 is 3.00 bits per heavy atom. The number of hydrogen-bond donors (Lipinski definition) is 0. The van der Waals surface area contributed by atoms with E-state index < -0.39 is 0 Å². The van der Waals surface area contributed by atoms with E-state index in [1.54, 1.807) is 6.20 Å². The van der Waals surface area contributed by atoms with Crippen LogP contribution in [0.5, 0.6) is 5.88 Å². The lowest BCUT2D eigenvalue weighted by molar-refractivity contribution is 0.379. The van der Waals surface area contributed by atoms with Crippen molar-refractivity contribution >= 4 is 22.9 Å². The number of nitrogens with zero attached hydrogens (tertiary/aromatic N) is 3. The fourth-order valence-corrected chi connectivity index (χ4v) is 2.12. The van der Waals surface area contributed by atoms with Gasteiger partial charge in [0.1, 0.15) is 0 Å². The van der Waals surface area contributed by atoms with E-state index >= 15 is 0 Å². The van der Waals surface area contributed by atoms with E-state index in [1.807, 2.05) is 0 Å². The van der Waals surface area contributed by atoms with Crippen LogP contribution in [0.3, 0.4) is 0 Å². The highest BCUT2D eigenvalue weighted by atomic mass is 35.5. The second kappa shape index (κ2) is 4.63. The van der Waals surface area contributed by atoms with Crippen molar-refractivity contribution in [1.29, 1.82) is 0 Å². The molecule has 0 saturated heterocycles. The average molecular weight is 258 g/mol. The molecule has 0 saturated carbocycles. The normalized spacial score (nSPS) is 10.4. The van der Waals surface area contributed by atoms with Crippen LogP contribution < -0.4 is 10.3 Å². The summed E-state index contributed by atoms with van der Waals surface area (Å²) in [7, 11) is 1.50. The van der Waals surface area contributed by atoms with Crippen molar-refractivity contribution in [1.82, 2.24) is 14.8 Å². The Morgan fingerprint density at radius 1 is 1.56 bits per heavy atom. The molecule has 0 radical (unpaired) electrons. The van der Waals surface area contributed by atoms with E-state index in [-0.39, 0.29) is 5.56 Å². The molecule has 0 aliphatic heterocycles. The van der Waals surface area contributed by atoms with Gasteiger partial charge in [0.15, 0.2) is 4.47 Å². The molecule has 0 unspecified atom stereocenters. The Bertz CT molecular complexity index is 552. The molecule has 2 heterocycles. The highest BCUT2D eigenvalue weighted by molar-refractivity contribution is 7.15.